The maximum Gasteiger partial charge on any atom is 0.258 e. The average Bonchev–Trinajstić information content (AvgIpc) is 3.29. The highest BCUT2D eigenvalue weighted by atomic mass is 35.5. The maximum absolute atomic E-state index is 13.5. The quantitative estimate of drug-likeness (QED) is 0.569. The Kier molecular flexibility index (Phi) is 6.79. The molecular weight excluding hydrogens is 447 g/mol. The first-order chi connectivity index (χ1) is 15.7. The second-order valence-corrected chi connectivity index (χ2v) is 9.61. The first-order valence-corrected chi connectivity index (χ1v) is 11.5. The van der Waals surface area contributed by atoms with Crippen molar-refractivity contribution in [1.82, 2.24) is 10.6 Å². The minimum absolute atomic E-state index is 0.00127. The lowest BCUT2D eigenvalue weighted by molar-refractivity contribution is -0.126. The van der Waals surface area contributed by atoms with Crippen LogP contribution < -0.4 is 20.1 Å². The van der Waals surface area contributed by atoms with E-state index in [9.17, 15) is 14.0 Å². The van der Waals surface area contributed by atoms with E-state index in [1.807, 2.05) is 38.1 Å². The van der Waals surface area contributed by atoms with Gasteiger partial charge in [0.15, 0.2) is 6.61 Å². The fourth-order valence-electron chi connectivity index (χ4n) is 4.77. The number of carbonyl (C=O) groups is 2. The highest BCUT2D eigenvalue weighted by Gasteiger charge is 2.58. The summed E-state index contributed by atoms with van der Waals surface area (Å²) in [5.74, 6) is 0.346. The van der Waals surface area contributed by atoms with Gasteiger partial charge >= 0.3 is 0 Å². The van der Waals surface area contributed by atoms with Gasteiger partial charge in [-0.15, -0.1) is 0 Å². The van der Waals surface area contributed by atoms with Crippen LogP contribution in [0.2, 0.25) is 5.02 Å². The maximum atomic E-state index is 13.5. The van der Waals surface area contributed by atoms with Crippen LogP contribution in [0, 0.1) is 17.7 Å². The summed E-state index contributed by atoms with van der Waals surface area (Å²) in [6.07, 6.45) is 2.30. The van der Waals surface area contributed by atoms with Crippen LogP contribution in [-0.4, -0.2) is 30.1 Å². The number of amides is 2. The van der Waals surface area contributed by atoms with Crippen molar-refractivity contribution in [2.24, 2.45) is 11.8 Å². The predicted molar refractivity (Wildman–Crippen MR) is 123 cm³/mol. The highest BCUT2D eigenvalue weighted by molar-refractivity contribution is 6.30. The largest absolute Gasteiger partial charge is 0.491 e. The van der Waals surface area contributed by atoms with Gasteiger partial charge in [0.25, 0.3) is 5.91 Å². The van der Waals surface area contributed by atoms with Crippen LogP contribution in [0.4, 0.5) is 4.39 Å². The Morgan fingerprint density at radius 3 is 2.48 bits per heavy atom. The molecule has 0 heterocycles. The number of halogens is 2. The minimum Gasteiger partial charge on any atom is -0.491 e. The highest BCUT2D eigenvalue weighted by Crippen LogP contribution is 2.55. The zero-order chi connectivity index (χ0) is 23.6. The molecule has 0 unspecified atom stereocenters. The number of carbonyl (C=O) groups excluding carboxylic acids is 2. The van der Waals surface area contributed by atoms with Gasteiger partial charge in [0.05, 0.1) is 11.1 Å². The molecule has 3 fully saturated rings. The van der Waals surface area contributed by atoms with E-state index < -0.39 is 5.82 Å². The zero-order valence-electron chi connectivity index (χ0n) is 18.7. The molecule has 2 bridgehead atoms. The van der Waals surface area contributed by atoms with Crippen molar-refractivity contribution in [3.05, 3.63) is 58.9 Å². The monoisotopic (exact) mass is 474 g/mol. The molecule has 33 heavy (non-hydrogen) atoms. The smallest absolute Gasteiger partial charge is 0.258 e. The summed E-state index contributed by atoms with van der Waals surface area (Å²) in [5, 5.41) is 6.04. The summed E-state index contributed by atoms with van der Waals surface area (Å²) in [4.78, 5) is 25.1. The summed E-state index contributed by atoms with van der Waals surface area (Å²) in [5.41, 5.74) is 0.650. The summed E-state index contributed by atoms with van der Waals surface area (Å²) in [6, 6.07) is 11.7. The van der Waals surface area contributed by atoms with E-state index in [0.717, 1.165) is 30.2 Å². The van der Waals surface area contributed by atoms with Crippen LogP contribution >= 0.6 is 11.6 Å². The minimum atomic E-state index is -0.598. The molecule has 1 atom stereocenters. The molecule has 3 aliphatic carbocycles. The van der Waals surface area contributed by atoms with E-state index in [-0.39, 0.29) is 52.7 Å². The number of nitrogens with one attached hydrogen (secondary N) is 2. The molecule has 2 aromatic carbocycles. The molecule has 8 heteroatoms. The number of hydrogen-bond donors (Lipinski definition) is 2. The van der Waals surface area contributed by atoms with Crippen LogP contribution in [0.3, 0.4) is 0 Å². The molecule has 3 aliphatic rings. The Morgan fingerprint density at radius 1 is 1.12 bits per heavy atom. The SMILES string of the molecule is CC(C)Oc1ccc(CNC(=O)[C@@H]2CC3(NC(=O)COc4ccc(Cl)c(F)c4)CC2C3)cc1. The van der Waals surface area contributed by atoms with Crippen molar-refractivity contribution in [2.75, 3.05) is 6.61 Å². The average molecular weight is 475 g/mol. The summed E-state index contributed by atoms with van der Waals surface area (Å²) < 4.78 is 24.5. The molecule has 6 nitrogen and oxygen atoms in total. The van der Waals surface area contributed by atoms with Crippen LogP contribution in [0.1, 0.15) is 38.7 Å². The third-order valence-electron chi connectivity index (χ3n) is 6.25. The molecule has 0 spiro atoms. The molecule has 2 aromatic rings. The molecular formula is C25H28ClFN2O4. The number of rotatable bonds is 9. The molecule has 0 aromatic heterocycles. The fraction of sp³-hybridized carbons (Fsp3) is 0.440. The Hall–Kier alpha value is -2.80. The molecule has 3 saturated carbocycles. The van der Waals surface area contributed by atoms with E-state index in [1.54, 1.807) is 0 Å². The number of ether oxygens (including phenoxy) is 2. The van der Waals surface area contributed by atoms with Gasteiger partial charge in [0, 0.05) is 24.1 Å². The Morgan fingerprint density at radius 2 is 1.82 bits per heavy atom. The molecule has 2 amide bonds. The lowest BCUT2D eigenvalue weighted by Crippen LogP contribution is -2.53. The van der Waals surface area contributed by atoms with Crippen molar-refractivity contribution in [3.63, 3.8) is 0 Å². The number of hydrogen-bond acceptors (Lipinski definition) is 4. The van der Waals surface area contributed by atoms with Crippen molar-refractivity contribution >= 4 is 23.4 Å². The van der Waals surface area contributed by atoms with Crippen LogP contribution in [-0.2, 0) is 16.1 Å². The first kappa shape index (κ1) is 23.4. The van der Waals surface area contributed by atoms with Gasteiger partial charge in [-0.25, -0.2) is 4.39 Å². The molecule has 2 N–H and O–H groups in total. The van der Waals surface area contributed by atoms with E-state index in [2.05, 4.69) is 10.6 Å². The van der Waals surface area contributed by atoms with Gasteiger partial charge in [-0.05, 0) is 68.9 Å². The van der Waals surface area contributed by atoms with Gasteiger partial charge in [-0.1, -0.05) is 23.7 Å². The summed E-state index contributed by atoms with van der Waals surface area (Å²) >= 11 is 5.65. The first-order valence-electron chi connectivity index (χ1n) is 11.2. The molecule has 176 valence electrons. The standard InChI is InChI=1S/C25H28ClFN2O4/c1-15(2)33-18-5-3-16(4-6-18)13-28-24(31)20-12-25(10-17(20)11-25)29-23(30)14-32-19-7-8-21(26)22(27)9-19/h3-9,15,17,20H,10-14H2,1-2H3,(H,28,31)(H,29,30)/t17?,20-,25?/m1/s1. The van der Waals surface area contributed by atoms with Gasteiger partial charge < -0.3 is 20.1 Å². The van der Waals surface area contributed by atoms with E-state index in [4.69, 9.17) is 21.1 Å². The van der Waals surface area contributed by atoms with Crippen molar-refractivity contribution in [2.45, 2.75) is 51.3 Å². The lowest BCUT2D eigenvalue weighted by Gasteiger charge is -2.39. The van der Waals surface area contributed by atoms with Crippen LogP contribution in [0.15, 0.2) is 42.5 Å². The predicted octanol–water partition coefficient (Wildman–Crippen LogP) is 4.25. The van der Waals surface area contributed by atoms with Gasteiger partial charge in [-0.2, -0.15) is 0 Å². The second-order valence-electron chi connectivity index (χ2n) is 9.20. The fourth-order valence-corrected chi connectivity index (χ4v) is 4.89. The van der Waals surface area contributed by atoms with Crippen molar-refractivity contribution < 1.29 is 23.5 Å². The van der Waals surface area contributed by atoms with Gasteiger partial charge in [0.1, 0.15) is 17.3 Å². The topological polar surface area (TPSA) is 76.7 Å². The van der Waals surface area contributed by atoms with E-state index in [0.29, 0.717) is 13.0 Å². The van der Waals surface area contributed by atoms with Gasteiger partial charge in [-0.3, -0.25) is 9.59 Å². The second kappa shape index (κ2) is 9.59. The van der Waals surface area contributed by atoms with Crippen molar-refractivity contribution in [3.8, 4) is 11.5 Å². The van der Waals surface area contributed by atoms with Crippen molar-refractivity contribution in [1.29, 1.82) is 0 Å². The molecule has 0 saturated heterocycles. The zero-order valence-corrected chi connectivity index (χ0v) is 19.5. The summed E-state index contributed by atoms with van der Waals surface area (Å²) in [6.45, 7) is 4.18. The lowest BCUT2D eigenvalue weighted by atomic mass is 9.76. The molecule has 0 aliphatic heterocycles. The normalized spacial score (nSPS) is 23.1. The third kappa shape index (κ3) is 5.58. The Labute approximate surface area is 197 Å². The Bertz CT molecular complexity index is 1020. The van der Waals surface area contributed by atoms with E-state index in [1.165, 1.54) is 12.1 Å². The third-order valence-corrected chi connectivity index (χ3v) is 6.56. The van der Waals surface area contributed by atoms with E-state index >= 15 is 0 Å². The summed E-state index contributed by atoms with van der Waals surface area (Å²) in [7, 11) is 0. The van der Waals surface area contributed by atoms with Gasteiger partial charge in [0.2, 0.25) is 5.91 Å². The molecule has 5 rings (SSSR count). The van der Waals surface area contributed by atoms with Crippen LogP contribution in [0.5, 0.6) is 11.5 Å². The Balaban J connectivity index is 1.22. The molecule has 0 radical (unpaired) electrons. The number of benzene rings is 2. The number of fused-ring (bicyclic) bond motifs is 1. The van der Waals surface area contributed by atoms with Crippen LogP contribution in [0.25, 0.3) is 0 Å².